The summed E-state index contributed by atoms with van der Waals surface area (Å²) in [5, 5.41) is 14.5. The summed E-state index contributed by atoms with van der Waals surface area (Å²) >= 11 is 0. The molecule has 0 radical (unpaired) electrons. The zero-order valence-electron chi connectivity index (χ0n) is 16.7. The molecule has 0 saturated carbocycles. The maximum atomic E-state index is 11.7. The quantitative estimate of drug-likeness (QED) is 0.219. The van der Waals surface area contributed by atoms with Gasteiger partial charge in [-0.15, -0.1) is 0 Å². The molecule has 154 valence electrons. The number of nitrogens with one attached hydrogen (secondary N) is 2. The lowest BCUT2D eigenvalue weighted by atomic mass is 10.1. The number of hydrogen-bond acceptors (Lipinski definition) is 3. The number of carbonyl (C=O) groups excluding carboxylic acids is 1. The summed E-state index contributed by atoms with van der Waals surface area (Å²) in [6.07, 6.45) is 17.0. The Morgan fingerprint density at radius 2 is 1.38 bits per heavy atom. The van der Waals surface area contributed by atoms with Gasteiger partial charge in [0.15, 0.2) is 0 Å². The second-order valence-electron chi connectivity index (χ2n) is 7.19. The predicted molar refractivity (Wildman–Crippen MR) is 112 cm³/mol. The van der Waals surface area contributed by atoms with Crippen LogP contribution in [-0.2, 0) is 9.59 Å². The first-order valence-electron chi connectivity index (χ1n) is 10.6. The van der Waals surface area contributed by atoms with Crippen LogP contribution in [0.25, 0.3) is 0 Å². The highest BCUT2D eigenvalue weighted by atomic mass is 31.0. The van der Waals surface area contributed by atoms with Crippen molar-refractivity contribution in [2.45, 2.75) is 109 Å². The molecule has 26 heavy (non-hydrogen) atoms. The van der Waals surface area contributed by atoms with E-state index < -0.39 is 12.0 Å². The number of aliphatic carboxylic acids is 1. The molecule has 1 amide bonds. The van der Waals surface area contributed by atoms with Crippen LogP contribution < -0.4 is 10.4 Å². The molecule has 6 heteroatoms. The van der Waals surface area contributed by atoms with Gasteiger partial charge in [0.05, 0.1) is 0 Å². The largest absolute Gasteiger partial charge is 0.480 e. The fourth-order valence-electron chi connectivity index (χ4n) is 3.02. The van der Waals surface area contributed by atoms with Gasteiger partial charge in [0.2, 0.25) is 5.91 Å². The van der Waals surface area contributed by atoms with Gasteiger partial charge in [-0.05, 0) is 25.7 Å². The third-order valence-corrected chi connectivity index (χ3v) is 5.15. The van der Waals surface area contributed by atoms with Crippen molar-refractivity contribution in [2.24, 2.45) is 0 Å². The lowest BCUT2D eigenvalue weighted by Crippen LogP contribution is -2.30. The van der Waals surface area contributed by atoms with Crippen LogP contribution in [0.15, 0.2) is 0 Å². The summed E-state index contributed by atoms with van der Waals surface area (Å²) in [7, 11) is 2.25. The van der Waals surface area contributed by atoms with E-state index in [1.165, 1.54) is 57.8 Å². The molecule has 0 spiro atoms. The first-order chi connectivity index (χ1) is 12.6. The standard InChI is InChI=1S/C20H41N2O3P/c1-2-3-4-5-6-7-8-9-10-11-12-16-19(23)21-17-14-13-15-18(22-26)20(24)25/h18,22H,2-17,26H2,1H3,(H,21,23)(H,24,25)/t18-/m0/s1. The van der Waals surface area contributed by atoms with Crippen LogP contribution in [0.5, 0.6) is 0 Å². The second-order valence-corrected chi connectivity index (χ2v) is 7.52. The van der Waals surface area contributed by atoms with Crippen LogP contribution in [0, 0.1) is 0 Å². The summed E-state index contributed by atoms with van der Waals surface area (Å²) in [6, 6.07) is -0.521. The lowest BCUT2D eigenvalue weighted by Gasteiger charge is -2.10. The number of amides is 1. The average molecular weight is 389 g/mol. The van der Waals surface area contributed by atoms with Crippen molar-refractivity contribution in [1.82, 2.24) is 10.4 Å². The molecule has 0 aromatic carbocycles. The summed E-state index contributed by atoms with van der Waals surface area (Å²) in [5.41, 5.74) is 0. The molecule has 3 N–H and O–H groups in total. The SMILES string of the molecule is CCCCCCCCCCCCCC(=O)NCCCC[C@H](NP)C(=O)O. The fraction of sp³-hybridized carbons (Fsp3) is 0.900. The van der Waals surface area contributed by atoms with Gasteiger partial charge in [-0.1, -0.05) is 80.5 Å². The smallest absolute Gasteiger partial charge is 0.320 e. The minimum absolute atomic E-state index is 0.125. The molecule has 0 aromatic heterocycles. The average Bonchev–Trinajstić information content (AvgIpc) is 2.62. The molecule has 0 aromatic rings. The number of hydrogen-bond donors (Lipinski definition) is 3. The molecule has 1 unspecified atom stereocenters. The minimum Gasteiger partial charge on any atom is -0.480 e. The Hall–Kier alpha value is -0.670. The van der Waals surface area contributed by atoms with E-state index in [9.17, 15) is 9.59 Å². The van der Waals surface area contributed by atoms with Gasteiger partial charge in [0.1, 0.15) is 6.04 Å². The minimum atomic E-state index is -0.833. The molecule has 0 fully saturated rings. The van der Waals surface area contributed by atoms with E-state index in [1.807, 2.05) is 0 Å². The van der Waals surface area contributed by atoms with E-state index in [0.29, 0.717) is 19.4 Å². The maximum absolute atomic E-state index is 11.7. The number of unbranched alkanes of at least 4 members (excludes halogenated alkanes) is 11. The third-order valence-electron chi connectivity index (χ3n) is 4.75. The monoisotopic (exact) mass is 388 g/mol. The number of rotatable bonds is 19. The highest BCUT2D eigenvalue weighted by Crippen LogP contribution is 2.11. The van der Waals surface area contributed by atoms with Crippen LogP contribution in [0.3, 0.4) is 0 Å². The van der Waals surface area contributed by atoms with Gasteiger partial charge < -0.3 is 10.4 Å². The number of carboxylic acid groups (broad SMARTS) is 1. The summed E-state index contributed by atoms with van der Waals surface area (Å²) in [6.45, 7) is 2.89. The maximum Gasteiger partial charge on any atom is 0.320 e. The van der Waals surface area contributed by atoms with Crippen LogP contribution >= 0.6 is 9.39 Å². The zero-order valence-corrected chi connectivity index (χ0v) is 17.9. The van der Waals surface area contributed by atoms with Gasteiger partial charge in [-0.3, -0.25) is 14.7 Å². The molecule has 0 aliphatic carbocycles. The van der Waals surface area contributed by atoms with Crippen LogP contribution in [-0.4, -0.2) is 29.6 Å². The fourth-order valence-corrected chi connectivity index (χ4v) is 3.33. The van der Waals surface area contributed by atoms with E-state index >= 15 is 0 Å². The summed E-state index contributed by atoms with van der Waals surface area (Å²) in [5.74, 6) is -0.708. The number of carbonyl (C=O) groups is 2. The van der Waals surface area contributed by atoms with Crippen molar-refractivity contribution < 1.29 is 14.7 Å². The van der Waals surface area contributed by atoms with Gasteiger partial charge in [0, 0.05) is 13.0 Å². The Morgan fingerprint density at radius 3 is 1.88 bits per heavy atom. The van der Waals surface area contributed by atoms with Crippen LogP contribution in [0.4, 0.5) is 0 Å². The van der Waals surface area contributed by atoms with E-state index in [4.69, 9.17) is 5.11 Å². The normalized spacial score (nSPS) is 12.1. The Labute approximate surface area is 162 Å². The Bertz CT molecular complexity index is 354. The third kappa shape index (κ3) is 16.8. The number of carboxylic acids is 1. The molecule has 2 atom stereocenters. The molecule has 5 nitrogen and oxygen atoms in total. The van der Waals surface area contributed by atoms with Crippen molar-refractivity contribution in [3.63, 3.8) is 0 Å². The Kier molecular flexibility index (Phi) is 18.6. The van der Waals surface area contributed by atoms with Crippen LogP contribution in [0.1, 0.15) is 103 Å². The lowest BCUT2D eigenvalue weighted by molar-refractivity contribution is -0.139. The molecular weight excluding hydrogens is 347 g/mol. The van der Waals surface area contributed by atoms with E-state index in [1.54, 1.807) is 0 Å². The summed E-state index contributed by atoms with van der Waals surface area (Å²) in [4.78, 5) is 22.6. The first kappa shape index (κ1) is 25.3. The second kappa shape index (κ2) is 19.1. The molecule has 0 rings (SSSR count). The van der Waals surface area contributed by atoms with Crippen molar-refractivity contribution in [1.29, 1.82) is 0 Å². The van der Waals surface area contributed by atoms with Crippen molar-refractivity contribution in [3.05, 3.63) is 0 Å². The first-order valence-corrected chi connectivity index (χ1v) is 11.1. The van der Waals surface area contributed by atoms with Gasteiger partial charge in [-0.25, -0.2) is 0 Å². The Morgan fingerprint density at radius 1 is 0.846 bits per heavy atom. The van der Waals surface area contributed by atoms with Gasteiger partial charge in [0.25, 0.3) is 0 Å². The van der Waals surface area contributed by atoms with Gasteiger partial charge in [-0.2, -0.15) is 0 Å². The molecule has 0 aliphatic rings. The topological polar surface area (TPSA) is 78.4 Å². The summed E-state index contributed by atoms with van der Waals surface area (Å²) < 4.78 is 0. The highest BCUT2D eigenvalue weighted by Gasteiger charge is 2.13. The van der Waals surface area contributed by atoms with E-state index in [-0.39, 0.29) is 5.91 Å². The molecule has 0 bridgehead atoms. The van der Waals surface area contributed by atoms with Crippen molar-refractivity contribution in [2.75, 3.05) is 6.54 Å². The Balaban J connectivity index is 3.31. The molecular formula is C20H41N2O3P. The zero-order chi connectivity index (χ0) is 19.5. The molecule has 0 saturated heterocycles. The van der Waals surface area contributed by atoms with E-state index in [0.717, 1.165) is 25.7 Å². The molecule has 0 heterocycles. The predicted octanol–water partition coefficient (Wildman–Crippen LogP) is 4.81. The highest BCUT2D eigenvalue weighted by molar-refractivity contribution is 7.13. The van der Waals surface area contributed by atoms with E-state index in [2.05, 4.69) is 26.7 Å². The van der Waals surface area contributed by atoms with Crippen molar-refractivity contribution in [3.8, 4) is 0 Å². The van der Waals surface area contributed by atoms with Crippen LogP contribution in [0.2, 0.25) is 0 Å². The molecule has 0 aliphatic heterocycles. The van der Waals surface area contributed by atoms with Crippen molar-refractivity contribution >= 4 is 21.3 Å². The van der Waals surface area contributed by atoms with Gasteiger partial charge >= 0.3 is 5.97 Å².